The molecule has 3 aliphatic heterocycles. The maximum absolute atomic E-state index is 16.2. The lowest BCUT2D eigenvalue weighted by Gasteiger charge is -2.46. The molecule has 11 nitrogen and oxygen atoms in total. The fourth-order valence-electron chi connectivity index (χ4n) is 10.1. The minimum Gasteiger partial charge on any atom is -0.491 e. The van der Waals surface area contributed by atoms with Crippen molar-refractivity contribution in [2.75, 3.05) is 18.1 Å². The number of imide groups is 1. The topological polar surface area (TPSA) is 146 Å². The lowest BCUT2D eigenvalue weighted by Crippen LogP contribution is -2.54. The molecule has 4 aliphatic rings. The molecule has 3 heterocycles. The summed E-state index contributed by atoms with van der Waals surface area (Å²) in [6.07, 6.45) is 5.09. The third-order valence-corrected chi connectivity index (χ3v) is 12.8. The molecule has 7 unspecified atom stereocenters. The number of esters is 1. The molecule has 318 valence electrons. The summed E-state index contributed by atoms with van der Waals surface area (Å²) in [6, 6.07) is 35.2. The number of carboxylic acids is 1. The number of rotatable bonds is 9. The van der Waals surface area contributed by atoms with Crippen molar-refractivity contribution in [2.45, 2.75) is 68.3 Å². The van der Waals surface area contributed by atoms with E-state index in [0.29, 0.717) is 22.4 Å². The second-order valence-electron chi connectivity index (χ2n) is 16.4. The average Bonchev–Trinajstić information content (AvgIpc) is 3.78. The van der Waals surface area contributed by atoms with Crippen molar-refractivity contribution in [2.24, 2.45) is 5.92 Å². The summed E-state index contributed by atoms with van der Waals surface area (Å²) >= 11 is 0. The third kappa shape index (κ3) is 7.35. The monoisotopic (exact) mass is 841 g/mol. The number of ether oxygens (including phenoxy) is 2. The number of carboxylic acid groups (broad SMARTS) is 1. The first-order valence-corrected chi connectivity index (χ1v) is 21.4. The third-order valence-electron chi connectivity index (χ3n) is 12.8. The highest BCUT2D eigenvalue weighted by atomic mass is 16.6. The number of aliphatic hydroxyl groups is 1. The van der Waals surface area contributed by atoms with Crippen LogP contribution in [-0.2, 0) is 24.5 Å². The zero-order valence-electron chi connectivity index (χ0n) is 34.7. The predicted molar refractivity (Wildman–Crippen MR) is 235 cm³/mol. The molecule has 63 heavy (non-hydrogen) atoms. The summed E-state index contributed by atoms with van der Waals surface area (Å²) in [5, 5.41) is 24.4. The number of hydrogen-bond donors (Lipinski definition) is 3. The number of anilines is 1. The van der Waals surface area contributed by atoms with Crippen LogP contribution in [0.4, 0.5) is 10.5 Å². The van der Waals surface area contributed by atoms with Gasteiger partial charge in [0.1, 0.15) is 35.8 Å². The number of cyclic esters (lactones) is 1. The molecule has 1 aliphatic carbocycles. The van der Waals surface area contributed by atoms with E-state index in [0.717, 1.165) is 47.3 Å². The van der Waals surface area contributed by atoms with Crippen molar-refractivity contribution < 1.29 is 38.9 Å². The fraction of sp³-hybridized carbons (Fsp3) is 0.269. The van der Waals surface area contributed by atoms with Gasteiger partial charge in [-0.25, -0.2) is 9.69 Å². The number of amides is 3. The number of hydrogen-bond acceptors (Lipinski definition) is 8. The Morgan fingerprint density at radius 1 is 0.841 bits per heavy atom. The second-order valence-corrected chi connectivity index (χ2v) is 16.4. The van der Waals surface area contributed by atoms with Crippen LogP contribution in [0, 0.1) is 17.8 Å². The summed E-state index contributed by atoms with van der Waals surface area (Å²) < 4.78 is 12.3. The minimum absolute atomic E-state index is 0.0217. The van der Waals surface area contributed by atoms with Gasteiger partial charge in [0.2, 0.25) is 5.91 Å². The van der Waals surface area contributed by atoms with Gasteiger partial charge in [-0.15, -0.1) is 0 Å². The van der Waals surface area contributed by atoms with Gasteiger partial charge >= 0.3 is 18.0 Å². The van der Waals surface area contributed by atoms with Crippen molar-refractivity contribution in [1.82, 2.24) is 10.2 Å². The number of allylic oxidation sites excluding steroid dienone is 2. The van der Waals surface area contributed by atoms with Gasteiger partial charge in [-0.2, -0.15) is 0 Å². The zero-order valence-corrected chi connectivity index (χ0v) is 34.7. The molecule has 5 aromatic rings. The molecule has 7 atom stereocenters. The maximum atomic E-state index is 16.2. The van der Waals surface area contributed by atoms with Crippen LogP contribution < -0.4 is 15.0 Å². The molecule has 9 rings (SSSR count). The molecule has 5 aromatic carbocycles. The molecule has 3 amide bonds. The number of urea groups is 1. The molecule has 0 aromatic heterocycles. The number of aliphatic carboxylic acids is 1. The van der Waals surface area contributed by atoms with Crippen molar-refractivity contribution in [1.29, 1.82) is 0 Å². The van der Waals surface area contributed by atoms with Gasteiger partial charge in [0.05, 0.1) is 30.4 Å². The van der Waals surface area contributed by atoms with Gasteiger partial charge in [0, 0.05) is 5.56 Å². The summed E-state index contributed by atoms with van der Waals surface area (Å²) in [5.41, 5.74) is 2.51. The lowest BCUT2D eigenvalue weighted by molar-refractivity contribution is -0.179. The molecule has 3 N–H and O–H groups in total. The molecular formula is C52H47N3O8. The number of fused-ring (bicyclic) bond motifs is 3. The van der Waals surface area contributed by atoms with Crippen molar-refractivity contribution in [3.63, 3.8) is 0 Å². The predicted octanol–water partition coefficient (Wildman–Crippen LogP) is 8.13. The summed E-state index contributed by atoms with van der Waals surface area (Å²) in [7, 11) is 0. The Bertz CT molecular complexity index is 2640. The van der Waals surface area contributed by atoms with E-state index < -0.39 is 65.5 Å². The van der Waals surface area contributed by atoms with E-state index in [-0.39, 0.29) is 24.5 Å². The number of carbonyl (C=O) groups is 4. The van der Waals surface area contributed by atoms with E-state index in [1.54, 1.807) is 42.5 Å². The van der Waals surface area contributed by atoms with Crippen LogP contribution in [0.5, 0.6) is 5.75 Å². The molecule has 0 bridgehead atoms. The Morgan fingerprint density at radius 3 is 2.22 bits per heavy atom. The quantitative estimate of drug-likeness (QED) is 0.0990. The van der Waals surface area contributed by atoms with Crippen molar-refractivity contribution >= 4 is 29.6 Å². The number of nitrogens with zero attached hydrogens (tertiary/aromatic N) is 2. The first-order valence-electron chi connectivity index (χ1n) is 21.4. The average molecular weight is 842 g/mol. The normalized spacial score (nSPS) is 24.3. The van der Waals surface area contributed by atoms with Gasteiger partial charge < -0.3 is 25.0 Å². The van der Waals surface area contributed by atoms with Gasteiger partial charge in [-0.3, -0.25) is 19.3 Å². The molecule has 11 heteroatoms. The van der Waals surface area contributed by atoms with Crippen LogP contribution in [0.2, 0.25) is 0 Å². The van der Waals surface area contributed by atoms with Crippen LogP contribution >= 0.6 is 0 Å². The standard InChI is InChI=1S/C52H47N3O8/c1-33(36-17-8-3-9-18-36)53-51(61)54-42-28-27-35(26-25-34-15-6-2-7-16-34)31-41(42)52(50(54)60)43(48(57)58)45-49(59)63-46(38-21-12-5-13-22-38)44(37-19-10-4-11-20-37)55(45)47(52)39-23-14-24-40(32-39)62-30-29-56/h3-5,8-15,17-24,27-28,31-33,43-47,56H,2,6-7,16,29-30H2,1H3,(H,53,61)(H,57,58). The first kappa shape index (κ1) is 41.4. The molecule has 2 fully saturated rings. The SMILES string of the molecule is CC(NC(=O)N1C(=O)C2(c3cc(C#CC4=CCCCC4)ccc31)C(C(=O)O)C1C(=O)OC(c3ccccc3)C(c3ccccc3)N1C2c1cccc(OCCO)c1)c1ccccc1. The van der Waals surface area contributed by atoms with Crippen molar-refractivity contribution in [3.05, 3.63) is 178 Å². The van der Waals surface area contributed by atoms with E-state index in [4.69, 9.17) is 9.47 Å². The maximum Gasteiger partial charge on any atom is 0.329 e. The number of carbonyl (C=O) groups excluding carboxylic acids is 3. The van der Waals surface area contributed by atoms with E-state index >= 15 is 4.79 Å². The Kier molecular flexibility index (Phi) is 11.4. The van der Waals surface area contributed by atoms with Crippen LogP contribution in [0.15, 0.2) is 145 Å². The number of morpholine rings is 1. The van der Waals surface area contributed by atoms with Crippen LogP contribution in [0.25, 0.3) is 0 Å². The Morgan fingerprint density at radius 2 is 1.54 bits per heavy atom. The van der Waals surface area contributed by atoms with Crippen LogP contribution in [-0.4, -0.2) is 58.2 Å². The van der Waals surface area contributed by atoms with Gasteiger partial charge in [-0.05, 0) is 96.3 Å². The number of aliphatic hydroxyl groups excluding tert-OH is 1. The molecule has 1 spiro atoms. The smallest absolute Gasteiger partial charge is 0.329 e. The first-order chi connectivity index (χ1) is 30.7. The van der Waals surface area contributed by atoms with E-state index in [1.165, 1.54) is 0 Å². The Hall–Kier alpha value is -7.00. The largest absolute Gasteiger partial charge is 0.491 e. The second kappa shape index (κ2) is 17.4. The molecular weight excluding hydrogens is 795 g/mol. The summed E-state index contributed by atoms with van der Waals surface area (Å²) in [4.78, 5) is 63.2. The van der Waals surface area contributed by atoms with Gasteiger partial charge in [0.15, 0.2) is 0 Å². The summed E-state index contributed by atoms with van der Waals surface area (Å²) in [6.45, 7) is 1.53. The van der Waals surface area contributed by atoms with E-state index in [1.807, 2.05) is 103 Å². The highest BCUT2D eigenvalue weighted by Gasteiger charge is 2.76. The molecule has 2 saturated heterocycles. The number of benzene rings is 5. The molecule has 0 saturated carbocycles. The highest BCUT2D eigenvalue weighted by molar-refractivity contribution is 6.24. The lowest BCUT2D eigenvalue weighted by atomic mass is 9.65. The summed E-state index contributed by atoms with van der Waals surface area (Å²) in [5.74, 6) is 2.16. The van der Waals surface area contributed by atoms with E-state index in [2.05, 4.69) is 23.2 Å². The van der Waals surface area contributed by atoms with Crippen molar-refractivity contribution in [3.8, 4) is 17.6 Å². The number of nitrogens with one attached hydrogen (secondary N) is 1. The van der Waals surface area contributed by atoms with Gasteiger partial charge in [0.25, 0.3) is 0 Å². The zero-order chi connectivity index (χ0) is 43.7. The Labute approximate surface area is 366 Å². The minimum atomic E-state index is -2.12. The highest BCUT2D eigenvalue weighted by Crippen LogP contribution is 2.66. The van der Waals surface area contributed by atoms with E-state index in [9.17, 15) is 24.6 Å². The van der Waals surface area contributed by atoms with Crippen LogP contribution in [0.1, 0.15) is 90.2 Å². The fourth-order valence-corrected chi connectivity index (χ4v) is 10.1. The van der Waals surface area contributed by atoms with Gasteiger partial charge in [-0.1, -0.05) is 121 Å². The Balaban J connectivity index is 1.32. The van der Waals surface area contributed by atoms with Crippen LogP contribution in [0.3, 0.4) is 0 Å². The molecule has 0 radical (unpaired) electrons.